The minimum Gasteiger partial charge on any atom is -0.481 e. The monoisotopic (exact) mass is 455 g/mol. The summed E-state index contributed by atoms with van der Waals surface area (Å²) in [4.78, 5) is 18.8. The smallest absolute Gasteiger partial charge is 0.306 e. The van der Waals surface area contributed by atoms with Gasteiger partial charge in [-0.2, -0.15) is 0 Å². The van der Waals surface area contributed by atoms with Gasteiger partial charge in [0.25, 0.3) is 0 Å². The highest BCUT2D eigenvalue weighted by Gasteiger charge is 2.40. The Hall–Kier alpha value is -1.85. The Balaban J connectivity index is 1.31. The number of nitrogens with zero attached hydrogens (tertiary/aromatic N) is 2. The van der Waals surface area contributed by atoms with E-state index in [0.29, 0.717) is 23.1 Å². The molecule has 1 aromatic heterocycles. The van der Waals surface area contributed by atoms with E-state index in [2.05, 4.69) is 40.3 Å². The first-order valence-corrected chi connectivity index (χ1v) is 12.7. The van der Waals surface area contributed by atoms with Crippen LogP contribution in [0, 0.1) is 11.8 Å². The Morgan fingerprint density at radius 3 is 2.56 bits per heavy atom. The average Bonchev–Trinajstić information content (AvgIpc) is 2.77. The molecule has 0 amide bonds. The fourth-order valence-corrected chi connectivity index (χ4v) is 6.46. The fourth-order valence-electron chi connectivity index (χ4n) is 6.18. The summed E-state index contributed by atoms with van der Waals surface area (Å²) in [6, 6.07) is 7.74. The molecule has 0 radical (unpaired) electrons. The molecule has 2 unspecified atom stereocenters. The van der Waals surface area contributed by atoms with Crippen molar-refractivity contribution in [1.82, 2.24) is 9.88 Å². The molecule has 2 bridgehead atoms. The second-order valence-electron chi connectivity index (χ2n) is 10.4. The van der Waals surface area contributed by atoms with Crippen LogP contribution in [-0.4, -0.2) is 39.1 Å². The Bertz CT molecular complexity index is 974. The number of pyridine rings is 1. The maximum atomic E-state index is 11.6. The third kappa shape index (κ3) is 4.47. The van der Waals surface area contributed by atoms with Crippen LogP contribution < -0.4 is 5.32 Å². The molecule has 2 atom stereocenters. The summed E-state index contributed by atoms with van der Waals surface area (Å²) >= 11 is 6.77. The van der Waals surface area contributed by atoms with Crippen LogP contribution in [0.15, 0.2) is 24.4 Å². The van der Waals surface area contributed by atoms with Crippen LogP contribution in [0.5, 0.6) is 0 Å². The SMILES string of the molecule is C[C@H]1CC[C@@H](Nc2ncc3cc(CN4C5CCCC4CC(C(=O)O)C5)ccc3c2Cl)CC1. The number of carboxylic acids is 1. The van der Waals surface area contributed by atoms with Gasteiger partial charge in [-0.05, 0) is 68.9 Å². The molecule has 32 heavy (non-hydrogen) atoms. The van der Waals surface area contributed by atoms with Gasteiger partial charge in [-0.1, -0.05) is 37.1 Å². The molecule has 1 aromatic carbocycles. The number of aromatic nitrogens is 1. The number of piperidine rings is 2. The minimum atomic E-state index is -0.625. The van der Waals surface area contributed by atoms with Crippen LogP contribution in [0.2, 0.25) is 5.02 Å². The summed E-state index contributed by atoms with van der Waals surface area (Å²) in [6.45, 7) is 3.20. The van der Waals surface area contributed by atoms with E-state index in [4.69, 9.17) is 11.6 Å². The molecule has 2 saturated heterocycles. The topological polar surface area (TPSA) is 65.5 Å². The number of aliphatic carboxylic acids is 1. The first-order valence-electron chi connectivity index (χ1n) is 12.3. The highest BCUT2D eigenvalue weighted by atomic mass is 35.5. The molecular formula is C26H34ClN3O2. The van der Waals surface area contributed by atoms with Gasteiger partial charge in [0.2, 0.25) is 0 Å². The highest BCUT2D eigenvalue weighted by molar-refractivity contribution is 6.37. The predicted octanol–water partition coefficient (Wildman–Crippen LogP) is 6.10. The largest absolute Gasteiger partial charge is 0.481 e. The molecule has 3 fully saturated rings. The molecular weight excluding hydrogens is 422 g/mol. The van der Waals surface area contributed by atoms with Crippen molar-refractivity contribution in [2.24, 2.45) is 11.8 Å². The molecule has 3 heterocycles. The number of fused-ring (bicyclic) bond motifs is 3. The van der Waals surface area contributed by atoms with Gasteiger partial charge >= 0.3 is 5.97 Å². The number of rotatable bonds is 5. The second-order valence-corrected chi connectivity index (χ2v) is 10.7. The summed E-state index contributed by atoms with van der Waals surface area (Å²) in [5, 5.41) is 15.9. The van der Waals surface area contributed by atoms with Crippen molar-refractivity contribution in [2.45, 2.75) is 89.4 Å². The van der Waals surface area contributed by atoms with Crippen LogP contribution in [0.1, 0.15) is 70.3 Å². The molecule has 5 nitrogen and oxygen atoms in total. The zero-order valence-corrected chi connectivity index (χ0v) is 19.7. The molecule has 3 aliphatic rings. The van der Waals surface area contributed by atoms with Gasteiger partial charge in [-0.3, -0.25) is 9.69 Å². The molecule has 172 valence electrons. The van der Waals surface area contributed by atoms with Crippen LogP contribution in [0.4, 0.5) is 5.82 Å². The number of anilines is 1. The van der Waals surface area contributed by atoms with E-state index >= 15 is 0 Å². The van der Waals surface area contributed by atoms with Crippen LogP contribution in [0.3, 0.4) is 0 Å². The van der Waals surface area contributed by atoms with E-state index in [1.54, 1.807) is 0 Å². The molecule has 2 aromatic rings. The summed E-state index contributed by atoms with van der Waals surface area (Å²) in [5.41, 5.74) is 1.25. The van der Waals surface area contributed by atoms with Crippen molar-refractivity contribution in [3.63, 3.8) is 0 Å². The average molecular weight is 456 g/mol. The van der Waals surface area contributed by atoms with Crippen molar-refractivity contribution in [3.8, 4) is 0 Å². The van der Waals surface area contributed by atoms with Crippen molar-refractivity contribution >= 4 is 34.2 Å². The highest BCUT2D eigenvalue weighted by Crippen LogP contribution is 2.39. The Morgan fingerprint density at radius 1 is 1.16 bits per heavy atom. The Kier molecular flexibility index (Phi) is 6.31. The second kappa shape index (κ2) is 9.18. The van der Waals surface area contributed by atoms with Gasteiger partial charge in [0, 0.05) is 41.6 Å². The summed E-state index contributed by atoms with van der Waals surface area (Å²) in [7, 11) is 0. The van der Waals surface area contributed by atoms with E-state index in [9.17, 15) is 9.90 Å². The van der Waals surface area contributed by atoms with Gasteiger partial charge in [-0.25, -0.2) is 4.98 Å². The number of nitrogens with one attached hydrogen (secondary N) is 1. The molecule has 5 rings (SSSR count). The summed E-state index contributed by atoms with van der Waals surface area (Å²) in [6.07, 6.45) is 11.8. The maximum Gasteiger partial charge on any atom is 0.306 e. The van der Waals surface area contributed by atoms with Gasteiger partial charge in [0.1, 0.15) is 5.82 Å². The molecule has 0 spiro atoms. The number of carboxylic acid groups (broad SMARTS) is 1. The lowest BCUT2D eigenvalue weighted by molar-refractivity contribution is -0.146. The van der Waals surface area contributed by atoms with E-state index in [-0.39, 0.29) is 5.92 Å². The normalized spacial score (nSPS) is 30.9. The van der Waals surface area contributed by atoms with E-state index in [0.717, 1.165) is 54.7 Å². The van der Waals surface area contributed by atoms with Gasteiger partial charge in [0.15, 0.2) is 0 Å². The third-order valence-corrected chi connectivity index (χ3v) is 8.47. The molecule has 1 aliphatic carbocycles. The van der Waals surface area contributed by atoms with Gasteiger partial charge in [-0.15, -0.1) is 0 Å². The van der Waals surface area contributed by atoms with E-state index in [1.807, 2.05) is 6.20 Å². The van der Waals surface area contributed by atoms with Crippen molar-refractivity contribution in [1.29, 1.82) is 0 Å². The first-order chi connectivity index (χ1) is 15.5. The quantitative estimate of drug-likeness (QED) is 0.570. The van der Waals surface area contributed by atoms with Gasteiger partial charge < -0.3 is 10.4 Å². The van der Waals surface area contributed by atoms with E-state index in [1.165, 1.54) is 37.7 Å². The molecule has 2 N–H and O–H groups in total. The van der Waals surface area contributed by atoms with Crippen molar-refractivity contribution in [3.05, 3.63) is 35.0 Å². The number of hydrogen-bond acceptors (Lipinski definition) is 4. The number of hydrogen-bond donors (Lipinski definition) is 2. The zero-order valence-electron chi connectivity index (χ0n) is 18.9. The third-order valence-electron chi connectivity index (χ3n) is 8.09. The lowest BCUT2D eigenvalue weighted by Gasteiger charge is -2.48. The Labute approximate surface area is 195 Å². The summed E-state index contributed by atoms with van der Waals surface area (Å²) in [5.74, 6) is 0.817. The lowest BCUT2D eigenvalue weighted by atomic mass is 9.78. The predicted molar refractivity (Wildman–Crippen MR) is 129 cm³/mol. The minimum absolute atomic E-state index is 0.181. The number of halogens is 1. The number of carbonyl (C=O) groups is 1. The van der Waals surface area contributed by atoms with Crippen LogP contribution >= 0.6 is 11.6 Å². The zero-order chi connectivity index (χ0) is 22.2. The van der Waals surface area contributed by atoms with Crippen molar-refractivity contribution < 1.29 is 9.90 Å². The summed E-state index contributed by atoms with van der Waals surface area (Å²) < 4.78 is 0. The standard InChI is InChI=1S/C26H34ClN3O2/c1-16-5-8-20(9-6-16)29-25-24(27)23-10-7-17(11-19(23)14-28-25)15-30-21-3-2-4-22(30)13-18(12-21)26(31)32/h7,10-11,14,16,18,20-22H,2-6,8-9,12-13,15H2,1H3,(H,28,29)(H,31,32)/t16-,18?,20+,21?,22?. The Morgan fingerprint density at radius 2 is 1.88 bits per heavy atom. The van der Waals surface area contributed by atoms with Crippen LogP contribution in [-0.2, 0) is 11.3 Å². The van der Waals surface area contributed by atoms with Gasteiger partial charge in [0.05, 0.1) is 10.9 Å². The number of benzene rings is 1. The lowest BCUT2D eigenvalue weighted by Crippen LogP contribution is -2.52. The first kappa shape index (κ1) is 22.0. The fraction of sp³-hybridized carbons (Fsp3) is 0.615. The molecule has 6 heteroatoms. The molecule has 1 saturated carbocycles. The maximum absolute atomic E-state index is 11.6. The van der Waals surface area contributed by atoms with Crippen LogP contribution in [0.25, 0.3) is 10.8 Å². The van der Waals surface area contributed by atoms with E-state index < -0.39 is 5.97 Å². The van der Waals surface area contributed by atoms with Crippen molar-refractivity contribution in [2.75, 3.05) is 5.32 Å². The molecule has 2 aliphatic heterocycles.